The molecule has 23 heavy (non-hydrogen) atoms. The lowest BCUT2D eigenvalue weighted by atomic mass is 10.1. The number of carbonyl (C=O) groups is 2. The van der Waals surface area contributed by atoms with Gasteiger partial charge in [-0.2, -0.15) is 0 Å². The van der Waals surface area contributed by atoms with Crippen LogP contribution in [0.25, 0.3) is 0 Å². The molecular weight excluding hydrogens is 320 g/mol. The quantitative estimate of drug-likeness (QED) is 0.502. The zero-order valence-electron chi connectivity index (χ0n) is 12.7. The van der Waals surface area contributed by atoms with Crippen molar-refractivity contribution >= 4 is 23.3 Å². The van der Waals surface area contributed by atoms with Crippen LogP contribution in [0.1, 0.15) is 24.8 Å². The number of aliphatic hydroxyl groups is 2. The van der Waals surface area contributed by atoms with Crippen molar-refractivity contribution in [3.63, 3.8) is 0 Å². The number of nitrogens with one attached hydrogen (secondary N) is 1. The van der Waals surface area contributed by atoms with Crippen molar-refractivity contribution in [1.82, 2.24) is 10.2 Å². The first-order valence-electron chi connectivity index (χ1n) is 7.64. The summed E-state index contributed by atoms with van der Waals surface area (Å²) in [6.07, 6.45) is 0.556. The monoisotopic (exact) mass is 340 g/mol. The molecule has 2 rings (SSSR count). The summed E-state index contributed by atoms with van der Waals surface area (Å²) in [5.41, 5.74) is 0.911. The number of ketones is 1. The Labute approximate surface area is 140 Å². The van der Waals surface area contributed by atoms with Crippen molar-refractivity contribution in [1.29, 1.82) is 0 Å². The van der Waals surface area contributed by atoms with Gasteiger partial charge < -0.3 is 15.5 Å². The van der Waals surface area contributed by atoms with Crippen molar-refractivity contribution in [2.24, 2.45) is 0 Å². The minimum Gasteiger partial charge on any atom is -0.396 e. The van der Waals surface area contributed by atoms with Crippen LogP contribution in [-0.4, -0.2) is 52.2 Å². The number of halogens is 1. The molecule has 7 heteroatoms. The van der Waals surface area contributed by atoms with Gasteiger partial charge in [-0.1, -0.05) is 23.7 Å². The van der Waals surface area contributed by atoms with E-state index in [1.807, 2.05) is 12.1 Å². The Bertz CT molecular complexity index is 550. The van der Waals surface area contributed by atoms with Crippen LogP contribution in [-0.2, 0) is 16.1 Å². The SMILES string of the molecule is O=C(NCCCO)C(=O)C1CCC(O)N1Cc1ccc(Cl)cc1. The van der Waals surface area contributed by atoms with Gasteiger partial charge in [-0.25, -0.2) is 0 Å². The van der Waals surface area contributed by atoms with E-state index in [2.05, 4.69) is 5.32 Å². The predicted molar refractivity (Wildman–Crippen MR) is 85.7 cm³/mol. The van der Waals surface area contributed by atoms with Gasteiger partial charge in [0.2, 0.25) is 5.78 Å². The molecule has 1 heterocycles. The summed E-state index contributed by atoms with van der Waals surface area (Å²) >= 11 is 5.85. The molecule has 1 saturated heterocycles. The van der Waals surface area contributed by atoms with E-state index in [0.29, 0.717) is 30.8 Å². The van der Waals surface area contributed by atoms with Crippen LogP contribution in [0.3, 0.4) is 0 Å². The van der Waals surface area contributed by atoms with Crippen molar-refractivity contribution in [3.8, 4) is 0 Å². The molecule has 1 aliphatic heterocycles. The standard InChI is InChI=1S/C16H21ClN2O4/c17-12-4-2-11(3-5-12)10-19-13(6-7-14(19)21)15(22)16(23)18-8-1-9-20/h2-5,13-14,20-21H,1,6-10H2,(H,18,23). The Morgan fingerprint density at radius 1 is 1.26 bits per heavy atom. The normalized spacial score (nSPS) is 21.3. The average Bonchev–Trinajstić information content (AvgIpc) is 2.90. The zero-order valence-corrected chi connectivity index (χ0v) is 13.5. The molecule has 0 radical (unpaired) electrons. The van der Waals surface area contributed by atoms with Crippen molar-refractivity contribution in [2.75, 3.05) is 13.2 Å². The van der Waals surface area contributed by atoms with E-state index >= 15 is 0 Å². The second-order valence-corrected chi connectivity index (χ2v) is 6.01. The maximum atomic E-state index is 12.3. The van der Waals surface area contributed by atoms with Gasteiger partial charge in [0.15, 0.2) is 0 Å². The van der Waals surface area contributed by atoms with Gasteiger partial charge in [0.1, 0.15) is 6.23 Å². The molecule has 126 valence electrons. The number of nitrogens with zero attached hydrogens (tertiary/aromatic N) is 1. The molecule has 1 aromatic carbocycles. The van der Waals surface area contributed by atoms with Crippen molar-refractivity contribution in [3.05, 3.63) is 34.9 Å². The number of rotatable bonds is 7. The number of carbonyl (C=O) groups excluding carboxylic acids is 2. The number of hydrogen-bond acceptors (Lipinski definition) is 5. The second kappa shape index (κ2) is 8.40. The predicted octanol–water partition coefficient (Wildman–Crippen LogP) is 0.691. The highest BCUT2D eigenvalue weighted by Gasteiger charge is 2.39. The van der Waals surface area contributed by atoms with E-state index in [4.69, 9.17) is 16.7 Å². The van der Waals surface area contributed by atoms with Gasteiger partial charge in [0.05, 0.1) is 6.04 Å². The molecular formula is C16H21ClN2O4. The molecule has 2 atom stereocenters. The summed E-state index contributed by atoms with van der Waals surface area (Å²) in [5.74, 6) is -1.22. The smallest absolute Gasteiger partial charge is 0.289 e. The minimum atomic E-state index is -0.745. The molecule has 1 amide bonds. The first-order chi connectivity index (χ1) is 11.0. The average molecular weight is 341 g/mol. The van der Waals surface area contributed by atoms with Gasteiger partial charge in [-0.05, 0) is 37.0 Å². The first-order valence-corrected chi connectivity index (χ1v) is 8.02. The van der Waals surface area contributed by atoms with Crippen LogP contribution < -0.4 is 5.32 Å². The highest BCUT2D eigenvalue weighted by molar-refractivity contribution is 6.38. The Morgan fingerprint density at radius 2 is 1.96 bits per heavy atom. The van der Waals surface area contributed by atoms with Crippen molar-refractivity contribution < 1.29 is 19.8 Å². The lowest BCUT2D eigenvalue weighted by Crippen LogP contribution is -2.46. The number of amides is 1. The van der Waals surface area contributed by atoms with Gasteiger partial charge in [-0.15, -0.1) is 0 Å². The summed E-state index contributed by atoms with van der Waals surface area (Å²) in [6, 6.07) is 6.52. The zero-order chi connectivity index (χ0) is 16.8. The van der Waals surface area contributed by atoms with E-state index in [9.17, 15) is 14.7 Å². The van der Waals surface area contributed by atoms with Crippen LogP contribution in [0.2, 0.25) is 5.02 Å². The molecule has 0 aromatic heterocycles. The van der Waals surface area contributed by atoms with Crippen LogP contribution in [0.5, 0.6) is 0 Å². The van der Waals surface area contributed by atoms with Gasteiger partial charge in [-0.3, -0.25) is 14.5 Å². The van der Waals surface area contributed by atoms with Crippen LogP contribution in [0.15, 0.2) is 24.3 Å². The fraction of sp³-hybridized carbons (Fsp3) is 0.500. The number of benzene rings is 1. The third-order valence-electron chi connectivity index (χ3n) is 3.91. The fourth-order valence-electron chi connectivity index (χ4n) is 2.66. The van der Waals surface area contributed by atoms with Gasteiger partial charge in [0.25, 0.3) is 5.91 Å². The second-order valence-electron chi connectivity index (χ2n) is 5.57. The van der Waals surface area contributed by atoms with Gasteiger partial charge >= 0.3 is 0 Å². The number of Topliss-reactive ketones (excluding diaryl/α,β-unsaturated/α-hetero) is 1. The lowest BCUT2D eigenvalue weighted by molar-refractivity contribution is -0.142. The largest absolute Gasteiger partial charge is 0.396 e. The lowest BCUT2D eigenvalue weighted by Gasteiger charge is -2.26. The topological polar surface area (TPSA) is 89.9 Å². The number of aliphatic hydroxyl groups excluding tert-OH is 2. The minimum absolute atomic E-state index is 0.0424. The summed E-state index contributed by atoms with van der Waals surface area (Å²) < 4.78 is 0. The summed E-state index contributed by atoms with van der Waals surface area (Å²) in [7, 11) is 0. The maximum absolute atomic E-state index is 12.3. The third-order valence-corrected chi connectivity index (χ3v) is 4.16. The Kier molecular flexibility index (Phi) is 6.53. The summed E-state index contributed by atoms with van der Waals surface area (Å²) in [5, 5.41) is 21.9. The van der Waals surface area contributed by atoms with E-state index in [0.717, 1.165) is 5.56 Å². The highest BCUT2D eigenvalue weighted by atomic mass is 35.5. The molecule has 6 nitrogen and oxygen atoms in total. The molecule has 0 aliphatic carbocycles. The maximum Gasteiger partial charge on any atom is 0.289 e. The summed E-state index contributed by atoms with van der Waals surface area (Å²) in [6.45, 7) is 0.589. The molecule has 2 unspecified atom stereocenters. The Hall–Kier alpha value is -1.47. The first kappa shape index (κ1) is 17.9. The van der Waals surface area contributed by atoms with Crippen LogP contribution >= 0.6 is 11.6 Å². The molecule has 1 fully saturated rings. The molecule has 1 aliphatic rings. The highest BCUT2D eigenvalue weighted by Crippen LogP contribution is 2.26. The third kappa shape index (κ3) is 4.75. The van der Waals surface area contributed by atoms with Crippen molar-refractivity contribution in [2.45, 2.75) is 38.1 Å². The number of likely N-dealkylation sites (tertiary alicyclic amines) is 1. The fourth-order valence-corrected chi connectivity index (χ4v) is 2.79. The van der Waals surface area contributed by atoms with Crippen LogP contribution in [0, 0.1) is 0 Å². The molecule has 3 N–H and O–H groups in total. The van der Waals surface area contributed by atoms with E-state index in [1.165, 1.54) is 0 Å². The molecule has 0 spiro atoms. The molecule has 0 bridgehead atoms. The van der Waals surface area contributed by atoms with E-state index in [-0.39, 0.29) is 13.2 Å². The molecule has 0 saturated carbocycles. The number of hydrogen-bond donors (Lipinski definition) is 3. The Morgan fingerprint density at radius 3 is 2.61 bits per heavy atom. The summed E-state index contributed by atoms with van der Waals surface area (Å²) in [4.78, 5) is 25.8. The Balaban J connectivity index is 2.00. The van der Waals surface area contributed by atoms with E-state index in [1.54, 1.807) is 17.0 Å². The van der Waals surface area contributed by atoms with Gasteiger partial charge in [0, 0.05) is 24.7 Å². The molecule has 1 aromatic rings. The van der Waals surface area contributed by atoms with Crippen LogP contribution in [0.4, 0.5) is 0 Å². The van der Waals surface area contributed by atoms with E-state index < -0.39 is 24.0 Å².